The van der Waals surface area contributed by atoms with Gasteiger partial charge in [0.15, 0.2) is 0 Å². The van der Waals surface area contributed by atoms with E-state index in [0.29, 0.717) is 0 Å². The van der Waals surface area contributed by atoms with Crippen LogP contribution in [0.4, 0.5) is 0 Å². The fourth-order valence-corrected chi connectivity index (χ4v) is 0.259. The lowest BCUT2D eigenvalue weighted by atomic mass is 10.9. The van der Waals surface area contributed by atoms with Gasteiger partial charge >= 0.3 is 0 Å². The van der Waals surface area contributed by atoms with Gasteiger partial charge in [0.05, 0.1) is 4.92 Å². The van der Waals surface area contributed by atoms with Crippen LogP contribution in [0, 0.1) is 10.1 Å². The Bertz CT molecular complexity index is 122. The van der Waals surface area contributed by atoms with Crippen LogP contribution in [0.15, 0.2) is 11.2 Å². The van der Waals surface area contributed by atoms with E-state index in [1.54, 1.807) is 7.05 Å². The molecule has 0 saturated heterocycles. The molecule has 0 rings (SSSR count). The summed E-state index contributed by atoms with van der Waals surface area (Å²) in [6, 6.07) is 0. The zero-order valence-electron chi connectivity index (χ0n) is 4.29. The third-order valence-electron chi connectivity index (χ3n) is 0.484. The van der Waals surface area contributed by atoms with E-state index in [1.807, 2.05) is 0 Å². The van der Waals surface area contributed by atoms with Gasteiger partial charge in [-0.3, -0.25) is 10.1 Å². The first-order valence-corrected chi connectivity index (χ1v) is 2.33. The second kappa shape index (κ2) is 3.31. The summed E-state index contributed by atoms with van der Waals surface area (Å²) < 4.78 is 0. The lowest BCUT2D eigenvalue weighted by Crippen LogP contribution is -2.01. The summed E-state index contributed by atoms with van der Waals surface area (Å²) >= 11 is 3.68. The van der Waals surface area contributed by atoms with Crippen molar-refractivity contribution in [1.82, 2.24) is 5.32 Å². The number of nitrogens with zero attached hydrogens (tertiary/aromatic N) is 1. The van der Waals surface area contributed by atoms with Gasteiger partial charge in [-0.1, -0.05) is 0 Å². The van der Waals surface area contributed by atoms with Gasteiger partial charge in [0.2, 0.25) is 0 Å². The van der Waals surface area contributed by atoms with Crippen LogP contribution >= 0.6 is 12.6 Å². The maximum atomic E-state index is 9.61. The molecule has 0 aromatic rings. The van der Waals surface area contributed by atoms with Crippen LogP contribution in [0.3, 0.4) is 0 Å². The second-order valence-electron chi connectivity index (χ2n) is 1.05. The van der Waals surface area contributed by atoms with Crippen molar-refractivity contribution in [3.63, 3.8) is 0 Å². The fraction of sp³-hybridized carbons (Fsp3) is 0.333. The summed E-state index contributed by atoms with van der Waals surface area (Å²) in [6.07, 6.45) is 0.781. The monoisotopic (exact) mass is 134 g/mol. The van der Waals surface area contributed by atoms with Crippen LogP contribution in [-0.2, 0) is 0 Å². The topological polar surface area (TPSA) is 55.2 Å². The van der Waals surface area contributed by atoms with Crippen molar-refractivity contribution in [2.75, 3.05) is 7.05 Å². The third-order valence-corrected chi connectivity index (χ3v) is 0.823. The molecular weight excluding hydrogens is 128 g/mol. The van der Waals surface area contributed by atoms with Gasteiger partial charge in [0.25, 0.3) is 6.20 Å². The Morgan fingerprint density at radius 3 is 2.62 bits per heavy atom. The van der Waals surface area contributed by atoms with Crippen molar-refractivity contribution in [2.24, 2.45) is 0 Å². The Kier molecular flexibility index (Phi) is 3.02. The highest BCUT2D eigenvalue weighted by Crippen LogP contribution is 1.90. The number of hydrogen-bond donors (Lipinski definition) is 2. The normalized spacial score (nSPS) is 11.0. The van der Waals surface area contributed by atoms with E-state index in [9.17, 15) is 10.1 Å². The summed E-state index contributed by atoms with van der Waals surface area (Å²) in [6.45, 7) is 0. The molecule has 46 valence electrons. The van der Waals surface area contributed by atoms with E-state index in [-0.39, 0.29) is 5.03 Å². The Balaban J connectivity index is 3.75. The summed E-state index contributed by atoms with van der Waals surface area (Å²) in [5.74, 6) is 0. The zero-order valence-corrected chi connectivity index (χ0v) is 5.18. The van der Waals surface area contributed by atoms with Crippen molar-refractivity contribution in [1.29, 1.82) is 0 Å². The summed E-state index contributed by atoms with van der Waals surface area (Å²) in [5, 5.41) is 12.3. The van der Waals surface area contributed by atoms with Gasteiger partial charge in [0.1, 0.15) is 5.03 Å². The summed E-state index contributed by atoms with van der Waals surface area (Å²) in [7, 11) is 1.56. The average Bonchev–Trinajstić information content (AvgIpc) is 1.65. The van der Waals surface area contributed by atoms with E-state index in [4.69, 9.17) is 0 Å². The summed E-state index contributed by atoms with van der Waals surface area (Å²) in [5.41, 5.74) is 0. The van der Waals surface area contributed by atoms with Gasteiger partial charge in [-0.2, -0.15) is 0 Å². The number of hydrogen-bond acceptors (Lipinski definition) is 4. The maximum absolute atomic E-state index is 9.61. The van der Waals surface area contributed by atoms with Crippen LogP contribution in [0.2, 0.25) is 0 Å². The summed E-state index contributed by atoms with van der Waals surface area (Å²) in [4.78, 5) is 9.04. The number of nitro groups is 1. The predicted molar refractivity (Wildman–Crippen MR) is 33.1 cm³/mol. The molecule has 0 aliphatic rings. The van der Waals surface area contributed by atoms with E-state index in [1.165, 1.54) is 0 Å². The molecule has 0 aliphatic heterocycles. The standard InChI is InChI=1S/C3H6N2O2S/c1-4-3(8)2-5(6)7/h2,4,8H,1H3/b3-2+. The molecule has 0 bridgehead atoms. The first-order chi connectivity index (χ1) is 3.66. The van der Waals surface area contributed by atoms with E-state index >= 15 is 0 Å². The molecule has 0 saturated carbocycles. The van der Waals surface area contributed by atoms with Crippen LogP contribution in [-0.4, -0.2) is 12.0 Å². The van der Waals surface area contributed by atoms with Crippen molar-refractivity contribution >= 4 is 12.6 Å². The van der Waals surface area contributed by atoms with E-state index in [2.05, 4.69) is 17.9 Å². The quantitative estimate of drug-likeness (QED) is 0.322. The minimum atomic E-state index is -0.571. The Labute approximate surface area is 52.1 Å². The molecule has 1 N–H and O–H groups in total. The first-order valence-electron chi connectivity index (χ1n) is 1.89. The van der Waals surface area contributed by atoms with Crippen LogP contribution < -0.4 is 5.32 Å². The Morgan fingerprint density at radius 1 is 2.00 bits per heavy atom. The van der Waals surface area contributed by atoms with Crippen LogP contribution in [0.1, 0.15) is 0 Å². The lowest BCUT2D eigenvalue weighted by molar-refractivity contribution is -0.403. The molecule has 0 atom stereocenters. The second-order valence-corrected chi connectivity index (χ2v) is 1.53. The van der Waals surface area contributed by atoms with Crippen molar-refractivity contribution in [3.05, 3.63) is 21.3 Å². The highest BCUT2D eigenvalue weighted by molar-refractivity contribution is 7.84. The van der Waals surface area contributed by atoms with Crippen LogP contribution in [0.5, 0.6) is 0 Å². The third kappa shape index (κ3) is 3.48. The largest absolute Gasteiger partial charge is 0.378 e. The number of thiol groups is 1. The molecule has 0 amide bonds. The van der Waals surface area contributed by atoms with Gasteiger partial charge in [-0.25, -0.2) is 0 Å². The SMILES string of the molecule is CN/C(S)=C\[N+](=O)[O-]. The van der Waals surface area contributed by atoms with Gasteiger partial charge in [-0.15, -0.1) is 12.6 Å². The molecule has 0 aromatic carbocycles. The lowest BCUT2D eigenvalue weighted by Gasteiger charge is -1.88. The van der Waals surface area contributed by atoms with Gasteiger partial charge in [0, 0.05) is 7.05 Å². The van der Waals surface area contributed by atoms with E-state index in [0.717, 1.165) is 6.20 Å². The van der Waals surface area contributed by atoms with Gasteiger partial charge in [-0.05, 0) is 0 Å². The average molecular weight is 134 g/mol. The minimum absolute atomic E-state index is 0.245. The van der Waals surface area contributed by atoms with Crippen LogP contribution in [0.25, 0.3) is 0 Å². The Morgan fingerprint density at radius 2 is 2.50 bits per heavy atom. The van der Waals surface area contributed by atoms with Gasteiger partial charge < -0.3 is 5.32 Å². The first kappa shape index (κ1) is 7.29. The number of rotatable bonds is 2. The molecule has 0 unspecified atom stereocenters. The minimum Gasteiger partial charge on any atom is -0.378 e. The molecule has 0 spiro atoms. The Hall–Kier alpha value is -0.710. The number of nitrogens with one attached hydrogen (secondary N) is 1. The molecule has 4 nitrogen and oxygen atoms in total. The highest BCUT2D eigenvalue weighted by atomic mass is 32.1. The molecular formula is C3H6N2O2S. The fourth-order valence-electron chi connectivity index (χ4n) is 0.164. The predicted octanol–water partition coefficient (Wildman–Crippen LogP) is 0.211. The van der Waals surface area contributed by atoms with Crippen molar-refractivity contribution in [2.45, 2.75) is 0 Å². The molecule has 8 heavy (non-hydrogen) atoms. The molecule has 0 radical (unpaired) electrons. The molecule has 0 aromatic heterocycles. The van der Waals surface area contributed by atoms with E-state index < -0.39 is 4.92 Å². The molecule has 0 aliphatic carbocycles. The van der Waals surface area contributed by atoms with Crippen molar-refractivity contribution < 1.29 is 4.92 Å². The zero-order chi connectivity index (χ0) is 6.57. The molecule has 0 heterocycles. The van der Waals surface area contributed by atoms with Crippen molar-refractivity contribution in [3.8, 4) is 0 Å². The smallest absolute Gasteiger partial charge is 0.263 e. The molecule has 0 fully saturated rings. The molecule has 5 heteroatoms. The maximum Gasteiger partial charge on any atom is 0.263 e. The highest BCUT2D eigenvalue weighted by Gasteiger charge is 1.89.